The van der Waals surface area contributed by atoms with Crippen LogP contribution in [0.4, 0.5) is 5.95 Å². The van der Waals surface area contributed by atoms with E-state index in [-0.39, 0.29) is 12.5 Å². The number of carbonyl (C=O) groups excluding carboxylic acids is 1. The maximum Gasteiger partial charge on any atom is 0.258 e. The number of anilines is 1. The molecule has 0 unspecified atom stereocenters. The normalized spacial score (nSPS) is 16.9. The predicted molar refractivity (Wildman–Crippen MR) is 106 cm³/mol. The van der Waals surface area contributed by atoms with Crippen molar-refractivity contribution >= 4 is 23.5 Å². The average Bonchev–Trinajstić information content (AvgIpc) is 2.65. The molecule has 7 heteroatoms. The molecule has 1 fully saturated rings. The van der Waals surface area contributed by atoms with E-state index in [0.29, 0.717) is 29.3 Å². The SMILES string of the molecule is Cc1cc(OCC(=O)NCc2ccccc2Cl)nc(N2CCC[C@@H](C)C2)n1. The zero-order valence-corrected chi connectivity index (χ0v) is 16.5. The summed E-state index contributed by atoms with van der Waals surface area (Å²) in [6.07, 6.45) is 2.37. The van der Waals surface area contributed by atoms with Gasteiger partial charge in [-0.15, -0.1) is 0 Å². The summed E-state index contributed by atoms with van der Waals surface area (Å²) >= 11 is 6.10. The van der Waals surface area contributed by atoms with Gasteiger partial charge in [0.25, 0.3) is 5.91 Å². The standard InChI is InChI=1S/C20H25ClN4O2/c1-14-6-5-9-25(12-14)20-23-15(2)10-19(24-20)27-13-18(26)22-11-16-7-3-4-8-17(16)21/h3-4,7-8,10,14H,5-6,9,11-13H2,1-2H3,(H,22,26)/t14-/m1/s1. The van der Waals surface area contributed by atoms with Crippen molar-refractivity contribution < 1.29 is 9.53 Å². The van der Waals surface area contributed by atoms with Gasteiger partial charge in [0.1, 0.15) is 0 Å². The van der Waals surface area contributed by atoms with Crippen LogP contribution in [0.2, 0.25) is 5.02 Å². The molecule has 2 heterocycles. The molecule has 1 amide bonds. The summed E-state index contributed by atoms with van der Waals surface area (Å²) in [6, 6.07) is 9.17. The highest BCUT2D eigenvalue weighted by molar-refractivity contribution is 6.31. The molecule has 1 aliphatic heterocycles. The summed E-state index contributed by atoms with van der Waals surface area (Å²) in [7, 11) is 0. The first kappa shape index (κ1) is 19.4. The van der Waals surface area contributed by atoms with Crippen molar-refractivity contribution in [1.29, 1.82) is 0 Å². The van der Waals surface area contributed by atoms with Crippen molar-refractivity contribution in [3.05, 3.63) is 46.6 Å². The van der Waals surface area contributed by atoms with E-state index < -0.39 is 0 Å². The molecule has 144 valence electrons. The number of amides is 1. The van der Waals surface area contributed by atoms with Crippen molar-refractivity contribution in [3.8, 4) is 5.88 Å². The first-order valence-electron chi connectivity index (χ1n) is 9.25. The Morgan fingerprint density at radius 2 is 2.19 bits per heavy atom. The number of benzene rings is 1. The summed E-state index contributed by atoms with van der Waals surface area (Å²) < 4.78 is 5.60. The lowest BCUT2D eigenvalue weighted by Gasteiger charge is -2.31. The molecule has 0 bridgehead atoms. The lowest BCUT2D eigenvalue weighted by atomic mass is 10.0. The minimum atomic E-state index is -0.223. The Morgan fingerprint density at radius 3 is 2.96 bits per heavy atom. The van der Waals surface area contributed by atoms with Gasteiger partial charge in [0, 0.05) is 36.4 Å². The van der Waals surface area contributed by atoms with Gasteiger partial charge >= 0.3 is 0 Å². The maximum absolute atomic E-state index is 12.1. The van der Waals surface area contributed by atoms with Gasteiger partial charge in [0.15, 0.2) is 6.61 Å². The van der Waals surface area contributed by atoms with Gasteiger partial charge in [-0.05, 0) is 37.3 Å². The van der Waals surface area contributed by atoms with Crippen LogP contribution in [0.15, 0.2) is 30.3 Å². The van der Waals surface area contributed by atoms with Crippen molar-refractivity contribution in [2.45, 2.75) is 33.2 Å². The van der Waals surface area contributed by atoms with Crippen molar-refractivity contribution in [1.82, 2.24) is 15.3 Å². The molecule has 1 aromatic carbocycles. The molecular formula is C20H25ClN4O2. The molecule has 2 aromatic rings. The molecule has 1 N–H and O–H groups in total. The predicted octanol–water partition coefficient (Wildman–Crippen LogP) is 3.37. The van der Waals surface area contributed by atoms with Gasteiger partial charge in [-0.25, -0.2) is 4.98 Å². The van der Waals surface area contributed by atoms with Gasteiger partial charge < -0.3 is 15.0 Å². The lowest BCUT2D eigenvalue weighted by molar-refractivity contribution is -0.123. The molecule has 3 rings (SSSR count). The smallest absolute Gasteiger partial charge is 0.258 e. The third-order valence-corrected chi connectivity index (χ3v) is 4.91. The summed E-state index contributed by atoms with van der Waals surface area (Å²) in [5.74, 6) is 1.50. The molecule has 1 aliphatic rings. The van der Waals surface area contributed by atoms with E-state index in [0.717, 1.165) is 30.8 Å². The third kappa shape index (κ3) is 5.57. The first-order chi connectivity index (χ1) is 13.0. The first-order valence-corrected chi connectivity index (χ1v) is 9.62. The van der Waals surface area contributed by atoms with Gasteiger partial charge in [-0.1, -0.05) is 36.7 Å². The van der Waals surface area contributed by atoms with Crippen LogP contribution in [0.25, 0.3) is 0 Å². The zero-order chi connectivity index (χ0) is 19.2. The summed E-state index contributed by atoms with van der Waals surface area (Å²) in [4.78, 5) is 23.3. The van der Waals surface area contributed by atoms with Crippen molar-refractivity contribution in [2.75, 3.05) is 24.6 Å². The topological polar surface area (TPSA) is 67.3 Å². The Hall–Kier alpha value is -2.34. The lowest BCUT2D eigenvalue weighted by Crippen LogP contribution is -2.35. The number of rotatable bonds is 6. The molecule has 1 aromatic heterocycles. The van der Waals surface area contributed by atoms with Crippen LogP contribution in [-0.4, -0.2) is 35.6 Å². The monoisotopic (exact) mass is 388 g/mol. The fourth-order valence-electron chi connectivity index (χ4n) is 3.14. The van der Waals surface area contributed by atoms with Gasteiger partial charge in [-0.2, -0.15) is 4.98 Å². The van der Waals surface area contributed by atoms with E-state index in [2.05, 4.69) is 27.1 Å². The largest absolute Gasteiger partial charge is 0.467 e. The summed E-state index contributed by atoms with van der Waals surface area (Å²) in [6.45, 7) is 6.30. The van der Waals surface area contributed by atoms with Crippen LogP contribution in [0.5, 0.6) is 5.88 Å². The van der Waals surface area contributed by atoms with Crippen LogP contribution in [-0.2, 0) is 11.3 Å². The number of hydrogen-bond acceptors (Lipinski definition) is 5. The van der Waals surface area contributed by atoms with E-state index in [1.54, 1.807) is 12.1 Å². The van der Waals surface area contributed by atoms with Gasteiger partial charge in [0.2, 0.25) is 11.8 Å². The summed E-state index contributed by atoms with van der Waals surface area (Å²) in [5.41, 5.74) is 1.69. The molecule has 0 saturated carbocycles. The average molecular weight is 389 g/mol. The number of carbonyl (C=O) groups is 1. The van der Waals surface area contributed by atoms with Crippen molar-refractivity contribution in [3.63, 3.8) is 0 Å². The van der Waals surface area contributed by atoms with Crippen LogP contribution in [0.1, 0.15) is 31.0 Å². The highest BCUT2D eigenvalue weighted by Crippen LogP contribution is 2.22. The van der Waals surface area contributed by atoms with Gasteiger partial charge in [-0.3, -0.25) is 4.79 Å². The molecular weight excluding hydrogens is 364 g/mol. The van der Waals surface area contributed by atoms with Crippen LogP contribution in [0.3, 0.4) is 0 Å². The number of piperidine rings is 1. The van der Waals surface area contributed by atoms with Crippen LogP contribution < -0.4 is 15.0 Å². The van der Waals surface area contributed by atoms with Crippen LogP contribution >= 0.6 is 11.6 Å². The maximum atomic E-state index is 12.1. The zero-order valence-electron chi connectivity index (χ0n) is 15.7. The number of nitrogens with zero attached hydrogens (tertiary/aromatic N) is 3. The number of ether oxygens (including phenoxy) is 1. The van der Waals surface area contributed by atoms with E-state index in [9.17, 15) is 4.79 Å². The van der Waals surface area contributed by atoms with Crippen LogP contribution in [0, 0.1) is 12.8 Å². The highest BCUT2D eigenvalue weighted by Gasteiger charge is 2.19. The second kappa shape index (κ2) is 9.04. The second-order valence-electron chi connectivity index (χ2n) is 7.00. The van der Waals surface area contributed by atoms with Crippen molar-refractivity contribution in [2.24, 2.45) is 5.92 Å². The molecule has 0 spiro atoms. The summed E-state index contributed by atoms with van der Waals surface area (Å²) in [5, 5.41) is 3.44. The molecule has 1 saturated heterocycles. The Bertz CT molecular complexity index is 799. The number of hydrogen-bond donors (Lipinski definition) is 1. The van der Waals surface area contributed by atoms with E-state index in [4.69, 9.17) is 16.3 Å². The third-order valence-electron chi connectivity index (χ3n) is 4.54. The Labute approximate surface area is 164 Å². The highest BCUT2D eigenvalue weighted by atomic mass is 35.5. The Morgan fingerprint density at radius 1 is 1.37 bits per heavy atom. The number of aryl methyl sites for hydroxylation is 1. The number of nitrogens with one attached hydrogen (secondary N) is 1. The Balaban J connectivity index is 1.55. The minimum Gasteiger partial charge on any atom is -0.467 e. The molecule has 0 aliphatic carbocycles. The minimum absolute atomic E-state index is 0.100. The van der Waals surface area contributed by atoms with Gasteiger partial charge in [0.05, 0.1) is 0 Å². The fraction of sp³-hybridized carbons (Fsp3) is 0.450. The molecule has 27 heavy (non-hydrogen) atoms. The molecule has 0 radical (unpaired) electrons. The fourth-order valence-corrected chi connectivity index (χ4v) is 3.34. The molecule has 6 nitrogen and oxygen atoms in total. The van der Waals surface area contributed by atoms with E-state index >= 15 is 0 Å². The molecule has 1 atom stereocenters. The van der Waals surface area contributed by atoms with E-state index in [1.165, 1.54) is 6.42 Å². The quantitative estimate of drug-likeness (QED) is 0.821. The number of halogens is 1. The Kier molecular flexibility index (Phi) is 6.50. The van der Waals surface area contributed by atoms with E-state index in [1.807, 2.05) is 25.1 Å². The number of aromatic nitrogens is 2. The second-order valence-corrected chi connectivity index (χ2v) is 7.40.